The summed E-state index contributed by atoms with van der Waals surface area (Å²) in [6.07, 6.45) is 1.97. The summed E-state index contributed by atoms with van der Waals surface area (Å²) in [5.74, 6) is 2.76. The topological polar surface area (TPSA) is 0 Å². The summed E-state index contributed by atoms with van der Waals surface area (Å²) in [4.78, 5) is 0. The zero-order valence-electron chi connectivity index (χ0n) is 4.56. The van der Waals surface area contributed by atoms with Gasteiger partial charge in [-0.1, -0.05) is 12.0 Å². The summed E-state index contributed by atoms with van der Waals surface area (Å²) in [5.41, 5.74) is 0. The minimum atomic E-state index is 1.51. The highest BCUT2D eigenvalue weighted by molar-refractivity contribution is 8.06. The number of hydrogen-bond acceptors (Lipinski definition) is 1. The van der Waals surface area contributed by atoms with E-state index in [4.69, 9.17) is 0 Å². The van der Waals surface area contributed by atoms with E-state index in [0.29, 0.717) is 0 Å². The van der Waals surface area contributed by atoms with Crippen molar-refractivity contribution in [2.75, 3.05) is 0 Å². The summed E-state index contributed by atoms with van der Waals surface area (Å²) in [6.45, 7) is 3.81. The highest BCUT2D eigenvalue weighted by Crippen LogP contribution is 1.95. The predicted octanol–water partition coefficient (Wildman–Crippen LogP) is 2.23. The molecule has 0 aromatic heterocycles. The molecule has 0 N–H and O–H groups in total. The van der Waals surface area contributed by atoms with Crippen LogP contribution in [0.25, 0.3) is 0 Å². The van der Waals surface area contributed by atoms with Crippen molar-refractivity contribution in [3.8, 4) is 11.2 Å². The molecule has 0 aromatic rings. The predicted molar refractivity (Wildman–Crippen MR) is 35.9 cm³/mol. The van der Waals surface area contributed by atoms with Crippen molar-refractivity contribution in [1.29, 1.82) is 0 Å². The first-order valence-corrected chi connectivity index (χ1v) is 2.98. The van der Waals surface area contributed by atoms with Gasteiger partial charge in [-0.25, -0.2) is 0 Å². The van der Waals surface area contributed by atoms with Crippen LogP contribution in [0, 0.1) is 11.2 Å². The normalized spacial score (nSPS) is 8.29. The Morgan fingerprint density at radius 1 is 1.57 bits per heavy atom. The van der Waals surface area contributed by atoms with Crippen molar-refractivity contribution >= 4 is 11.8 Å². The van der Waals surface area contributed by atoms with Crippen molar-refractivity contribution in [2.24, 2.45) is 0 Å². The van der Waals surface area contributed by atoms with Crippen molar-refractivity contribution in [2.45, 2.75) is 13.8 Å². The van der Waals surface area contributed by atoms with Crippen LogP contribution in [-0.2, 0) is 0 Å². The standard InChI is InChI=1S/C6H8S/c1-3-5-7-6-4-2/h3,5H,1-2H3. The highest BCUT2D eigenvalue weighted by Gasteiger charge is 1.60. The van der Waals surface area contributed by atoms with Crippen molar-refractivity contribution in [3.05, 3.63) is 11.5 Å². The van der Waals surface area contributed by atoms with Gasteiger partial charge < -0.3 is 0 Å². The minimum Gasteiger partial charge on any atom is -0.0943 e. The molecule has 0 bridgehead atoms. The Labute approximate surface area is 49.0 Å². The van der Waals surface area contributed by atoms with Crippen LogP contribution in [0.15, 0.2) is 11.5 Å². The minimum absolute atomic E-state index is 1.51. The van der Waals surface area contributed by atoms with Crippen LogP contribution in [0.3, 0.4) is 0 Å². The Morgan fingerprint density at radius 3 is 2.71 bits per heavy atom. The van der Waals surface area contributed by atoms with Crippen LogP contribution in [0.2, 0.25) is 0 Å². The Morgan fingerprint density at radius 2 is 2.29 bits per heavy atom. The SMILES string of the molecule is CC#CSC=CC. The first-order chi connectivity index (χ1) is 3.41. The average molecular weight is 112 g/mol. The first-order valence-electron chi connectivity index (χ1n) is 2.10. The maximum atomic E-state index is 2.83. The van der Waals surface area contributed by atoms with E-state index in [9.17, 15) is 0 Å². The molecule has 0 aromatic carbocycles. The summed E-state index contributed by atoms with van der Waals surface area (Å²) in [7, 11) is 0. The van der Waals surface area contributed by atoms with E-state index in [1.165, 1.54) is 11.8 Å². The van der Waals surface area contributed by atoms with Gasteiger partial charge in [0.05, 0.1) is 0 Å². The average Bonchev–Trinajstić information content (AvgIpc) is 1.69. The molecular weight excluding hydrogens is 104 g/mol. The number of hydrogen-bond donors (Lipinski definition) is 0. The zero-order chi connectivity index (χ0) is 5.54. The molecule has 0 radical (unpaired) electrons. The highest BCUT2D eigenvalue weighted by atomic mass is 32.2. The lowest BCUT2D eigenvalue weighted by Crippen LogP contribution is -1.40. The van der Waals surface area contributed by atoms with Gasteiger partial charge in [-0.15, -0.1) is 0 Å². The second-order valence-corrected chi connectivity index (χ2v) is 1.65. The molecule has 0 spiro atoms. The molecule has 0 unspecified atom stereocenters. The molecular formula is C6H8S. The number of rotatable bonds is 1. The summed E-state index contributed by atoms with van der Waals surface area (Å²) < 4.78 is 0. The Kier molecular flexibility index (Phi) is 5.37. The second kappa shape index (κ2) is 5.65. The van der Waals surface area contributed by atoms with Crippen LogP contribution in [0.1, 0.15) is 13.8 Å². The Bertz CT molecular complexity index is 103. The molecule has 0 aliphatic heterocycles. The van der Waals surface area contributed by atoms with Gasteiger partial charge in [0, 0.05) is 0 Å². The third-order valence-electron chi connectivity index (χ3n) is 0.365. The summed E-state index contributed by atoms with van der Waals surface area (Å²) in [6, 6.07) is 0. The van der Waals surface area contributed by atoms with Crippen LogP contribution in [0.4, 0.5) is 0 Å². The van der Waals surface area contributed by atoms with Crippen molar-refractivity contribution in [1.82, 2.24) is 0 Å². The molecule has 0 amide bonds. The molecule has 0 aliphatic rings. The lowest BCUT2D eigenvalue weighted by molar-refractivity contribution is 1.79. The number of thioether (sulfide) groups is 1. The maximum absolute atomic E-state index is 2.83. The molecule has 38 valence electrons. The molecule has 0 rings (SSSR count). The number of allylic oxidation sites excluding steroid dienone is 1. The van der Waals surface area contributed by atoms with Gasteiger partial charge in [-0.2, -0.15) is 0 Å². The van der Waals surface area contributed by atoms with Crippen LogP contribution < -0.4 is 0 Å². The second-order valence-electron chi connectivity index (χ2n) is 0.939. The van der Waals surface area contributed by atoms with Gasteiger partial charge in [0.1, 0.15) is 0 Å². The van der Waals surface area contributed by atoms with E-state index in [0.717, 1.165) is 0 Å². The smallest absolute Gasteiger partial charge is 0.00179 e. The molecule has 1 heteroatoms. The molecule has 0 heterocycles. The van der Waals surface area contributed by atoms with E-state index < -0.39 is 0 Å². The third kappa shape index (κ3) is 5.65. The molecule has 0 atom stereocenters. The van der Waals surface area contributed by atoms with Gasteiger partial charge in [-0.05, 0) is 36.3 Å². The van der Waals surface area contributed by atoms with Crippen LogP contribution in [0.5, 0.6) is 0 Å². The summed E-state index contributed by atoms with van der Waals surface area (Å²) >= 11 is 1.51. The Hall–Kier alpha value is -0.350. The lowest BCUT2D eigenvalue weighted by atomic mass is 10.8. The molecule has 0 saturated heterocycles. The quantitative estimate of drug-likeness (QED) is 0.469. The van der Waals surface area contributed by atoms with Gasteiger partial charge in [0.2, 0.25) is 0 Å². The van der Waals surface area contributed by atoms with Gasteiger partial charge in [0.25, 0.3) is 0 Å². The monoisotopic (exact) mass is 112 g/mol. The van der Waals surface area contributed by atoms with Crippen molar-refractivity contribution in [3.63, 3.8) is 0 Å². The molecule has 0 aliphatic carbocycles. The molecule has 0 nitrogen and oxygen atoms in total. The lowest BCUT2D eigenvalue weighted by Gasteiger charge is -1.68. The van der Waals surface area contributed by atoms with Gasteiger partial charge in [-0.3, -0.25) is 0 Å². The van der Waals surface area contributed by atoms with Gasteiger partial charge >= 0.3 is 0 Å². The molecule has 7 heavy (non-hydrogen) atoms. The van der Waals surface area contributed by atoms with Crippen LogP contribution in [-0.4, -0.2) is 0 Å². The van der Waals surface area contributed by atoms with Gasteiger partial charge in [0.15, 0.2) is 0 Å². The fraction of sp³-hybridized carbons (Fsp3) is 0.333. The zero-order valence-corrected chi connectivity index (χ0v) is 5.38. The van der Waals surface area contributed by atoms with E-state index in [1.807, 2.05) is 25.3 Å². The van der Waals surface area contributed by atoms with E-state index >= 15 is 0 Å². The molecule has 0 fully saturated rings. The van der Waals surface area contributed by atoms with E-state index in [-0.39, 0.29) is 0 Å². The van der Waals surface area contributed by atoms with Crippen LogP contribution >= 0.6 is 11.8 Å². The fourth-order valence-electron chi connectivity index (χ4n) is 0.161. The van der Waals surface area contributed by atoms with Crippen molar-refractivity contribution < 1.29 is 0 Å². The Balaban J connectivity index is 3.09. The largest absolute Gasteiger partial charge is 0.0943 e. The van der Waals surface area contributed by atoms with E-state index in [1.54, 1.807) is 0 Å². The maximum Gasteiger partial charge on any atom is -0.00179 e. The first kappa shape index (κ1) is 6.65. The molecule has 0 saturated carbocycles. The fourth-order valence-corrected chi connectivity index (χ4v) is 0.483. The van der Waals surface area contributed by atoms with E-state index in [2.05, 4.69) is 11.2 Å². The summed E-state index contributed by atoms with van der Waals surface area (Å²) in [5, 5.41) is 4.78. The third-order valence-corrected chi connectivity index (χ3v) is 1.10.